The minimum absolute atomic E-state index is 0.0137. The van der Waals surface area contributed by atoms with Crippen LogP contribution >= 0.6 is 23.2 Å². The fourth-order valence-electron chi connectivity index (χ4n) is 3.90. The average Bonchev–Trinajstić information content (AvgIpc) is 3.10. The van der Waals surface area contributed by atoms with Crippen LogP contribution in [0.5, 0.6) is 5.75 Å². The lowest BCUT2D eigenvalue weighted by molar-refractivity contribution is -0.123. The number of nitrogens with one attached hydrogen (secondary N) is 2. The van der Waals surface area contributed by atoms with Crippen LogP contribution in [0.3, 0.4) is 0 Å². The van der Waals surface area contributed by atoms with Gasteiger partial charge in [-0.15, -0.1) is 0 Å². The van der Waals surface area contributed by atoms with Crippen molar-refractivity contribution in [1.29, 1.82) is 0 Å². The van der Waals surface area contributed by atoms with Gasteiger partial charge in [0, 0.05) is 19.3 Å². The van der Waals surface area contributed by atoms with E-state index >= 15 is 0 Å². The van der Waals surface area contributed by atoms with Crippen molar-refractivity contribution in [2.45, 2.75) is 38.3 Å². The van der Waals surface area contributed by atoms with Gasteiger partial charge in [-0.3, -0.25) is 19.6 Å². The largest absolute Gasteiger partial charge is 0.486 e. The van der Waals surface area contributed by atoms with E-state index in [0.29, 0.717) is 28.5 Å². The highest BCUT2D eigenvalue weighted by Gasteiger charge is 2.33. The monoisotopic (exact) mass is 482 g/mol. The van der Waals surface area contributed by atoms with Crippen molar-refractivity contribution < 1.29 is 24.3 Å². The van der Waals surface area contributed by atoms with E-state index in [-0.39, 0.29) is 23.6 Å². The second-order valence-electron chi connectivity index (χ2n) is 7.68. The Morgan fingerprint density at radius 1 is 1.19 bits per heavy atom. The number of hydrogen-bond acceptors (Lipinski definition) is 5. The van der Waals surface area contributed by atoms with Gasteiger partial charge >= 0.3 is 0 Å². The van der Waals surface area contributed by atoms with Crippen molar-refractivity contribution in [3.63, 3.8) is 0 Å². The molecule has 5 N–H and O–H groups in total. The summed E-state index contributed by atoms with van der Waals surface area (Å²) in [5.41, 5.74) is 7.76. The molecule has 9 nitrogen and oxygen atoms in total. The number of hydrogen-bond donors (Lipinski definition) is 4. The van der Waals surface area contributed by atoms with Crippen LogP contribution in [0.25, 0.3) is 0 Å². The topological polar surface area (TPSA) is 136 Å². The van der Waals surface area contributed by atoms with Crippen LogP contribution in [0.15, 0.2) is 24.4 Å². The predicted octanol–water partition coefficient (Wildman–Crippen LogP) is 2.80. The molecule has 2 unspecified atom stereocenters. The summed E-state index contributed by atoms with van der Waals surface area (Å²) in [4.78, 5) is 37.1. The molecule has 1 aromatic heterocycles. The van der Waals surface area contributed by atoms with E-state index in [9.17, 15) is 14.4 Å². The average molecular weight is 483 g/mol. The van der Waals surface area contributed by atoms with Crippen LogP contribution in [0, 0.1) is 5.92 Å². The number of hydroxylamine groups is 1. The molecule has 0 bridgehead atoms. The number of primary amides is 1. The maximum Gasteiger partial charge on any atom is 0.279 e. The van der Waals surface area contributed by atoms with Gasteiger partial charge in [0.05, 0.1) is 16.0 Å². The zero-order valence-corrected chi connectivity index (χ0v) is 18.9. The summed E-state index contributed by atoms with van der Waals surface area (Å²) in [5, 5.41) is 12.7. The van der Waals surface area contributed by atoms with E-state index in [1.807, 2.05) is 0 Å². The van der Waals surface area contributed by atoms with E-state index < -0.39 is 29.7 Å². The summed E-state index contributed by atoms with van der Waals surface area (Å²) in [7, 11) is 1.57. The Balaban J connectivity index is 1.89. The van der Waals surface area contributed by atoms with Crippen molar-refractivity contribution in [2.75, 3.05) is 0 Å². The van der Waals surface area contributed by atoms with Gasteiger partial charge in [-0.2, -0.15) is 0 Å². The molecular weight excluding hydrogens is 459 g/mol. The van der Waals surface area contributed by atoms with Crippen LogP contribution in [-0.2, 0) is 18.4 Å². The first-order valence-corrected chi connectivity index (χ1v) is 10.8. The van der Waals surface area contributed by atoms with Crippen molar-refractivity contribution in [2.24, 2.45) is 18.7 Å². The Morgan fingerprint density at radius 3 is 2.56 bits per heavy atom. The second-order valence-corrected chi connectivity index (χ2v) is 8.50. The van der Waals surface area contributed by atoms with E-state index in [1.165, 1.54) is 10.8 Å². The molecule has 0 radical (unpaired) electrons. The lowest BCUT2D eigenvalue weighted by atomic mass is 9.84. The fourth-order valence-corrected chi connectivity index (χ4v) is 4.22. The van der Waals surface area contributed by atoms with E-state index in [2.05, 4.69) is 5.32 Å². The first-order chi connectivity index (χ1) is 15.2. The number of benzene rings is 1. The van der Waals surface area contributed by atoms with Gasteiger partial charge in [0.15, 0.2) is 5.75 Å². The highest BCUT2D eigenvalue weighted by Crippen LogP contribution is 2.30. The summed E-state index contributed by atoms with van der Waals surface area (Å²) >= 11 is 12.0. The molecule has 2 aromatic rings. The van der Waals surface area contributed by atoms with Crippen LogP contribution in [0.1, 0.15) is 52.1 Å². The Hall–Kier alpha value is -2.75. The van der Waals surface area contributed by atoms with E-state index in [4.69, 9.17) is 38.9 Å². The maximum atomic E-state index is 13.2. The molecule has 1 aromatic carbocycles. The minimum Gasteiger partial charge on any atom is -0.486 e. The van der Waals surface area contributed by atoms with E-state index in [0.717, 1.165) is 12.8 Å². The molecule has 3 rings (SSSR count). The van der Waals surface area contributed by atoms with Crippen molar-refractivity contribution in [1.82, 2.24) is 15.4 Å². The summed E-state index contributed by atoms with van der Waals surface area (Å²) in [6.45, 7) is -0.0137. The summed E-state index contributed by atoms with van der Waals surface area (Å²) in [5.74, 6) is -2.30. The number of aryl methyl sites for hydroxylation is 1. The number of nitrogens with two attached hydrogens (primary N) is 1. The molecule has 1 aliphatic rings. The first-order valence-electron chi connectivity index (χ1n) is 10.0. The molecule has 3 amide bonds. The molecule has 11 heteroatoms. The number of aromatic nitrogens is 1. The summed E-state index contributed by atoms with van der Waals surface area (Å²) in [6.07, 6.45) is 4.32. The lowest BCUT2D eigenvalue weighted by Crippen LogP contribution is -2.47. The number of carbonyl (C=O) groups excluding carboxylic acids is 3. The Kier molecular flexibility index (Phi) is 7.65. The Morgan fingerprint density at radius 2 is 1.91 bits per heavy atom. The molecule has 32 heavy (non-hydrogen) atoms. The van der Waals surface area contributed by atoms with Crippen molar-refractivity contribution in [3.05, 3.63) is 51.3 Å². The minimum atomic E-state index is -0.837. The zero-order chi connectivity index (χ0) is 23.4. The smallest absolute Gasteiger partial charge is 0.279 e. The molecule has 1 heterocycles. The molecule has 0 saturated heterocycles. The van der Waals surface area contributed by atoms with Crippen LogP contribution < -0.4 is 21.3 Å². The summed E-state index contributed by atoms with van der Waals surface area (Å²) < 4.78 is 7.25. The number of ether oxygens (including phenoxy) is 1. The lowest BCUT2D eigenvalue weighted by Gasteiger charge is -2.30. The Labute approximate surface area is 194 Å². The van der Waals surface area contributed by atoms with Crippen LogP contribution in [-0.4, -0.2) is 33.5 Å². The van der Waals surface area contributed by atoms with Gasteiger partial charge in [-0.05, 0) is 30.5 Å². The summed E-state index contributed by atoms with van der Waals surface area (Å²) in [6, 6.07) is 4.50. The molecule has 1 saturated carbocycles. The predicted molar refractivity (Wildman–Crippen MR) is 118 cm³/mol. The van der Waals surface area contributed by atoms with Gasteiger partial charge in [0.1, 0.15) is 17.9 Å². The number of amides is 3. The van der Waals surface area contributed by atoms with Crippen molar-refractivity contribution in [3.8, 4) is 5.75 Å². The number of rotatable bonds is 7. The molecule has 0 aliphatic heterocycles. The number of halogens is 2. The second kappa shape index (κ2) is 10.2. The molecule has 0 spiro atoms. The Bertz CT molecular complexity index is 1040. The molecule has 172 valence electrons. The van der Waals surface area contributed by atoms with Crippen molar-refractivity contribution >= 4 is 40.9 Å². The third kappa shape index (κ3) is 5.17. The van der Waals surface area contributed by atoms with Gasteiger partial charge in [-0.1, -0.05) is 42.1 Å². The highest BCUT2D eigenvalue weighted by atomic mass is 35.5. The number of carbonyl (C=O) groups is 3. The molecule has 1 aliphatic carbocycles. The van der Waals surface area contributed by atoms with E-state index in [1.54, 1.807) is 30.7 Å². The van der Waals surface area contributed by atoms with Crippen LogP contribution in [0.4, 0.5) is 0 Å². The fraction of sp³-hybridized carbons (Fsp3) is 0.381. The highest BCUT2D eigenvalue weighted by molar-refractivity contribution is 6.42. The third-order valence-electron chi connectivity index (χ3n) is 5.51. The molecule has 1 fully saturated rings. The van der Waals surface area contributed by atoms with Gasteiger partial charge in [0.2, 0.25) is 5.91 Å². The number of nitrogens with zero attached hydrogens (tertiary/aromatic N) is 1. The van der Waals surface area contributed by atoms with Gasteiger partial charge in [-0.25, -0.2) is 5.48 Å². The third-order valence-corrected chi connectivity index (χ3v) is 6.25. The molecule has 2 atom stereocenters. The van der Waals surface area contributed by atoms with Gasteiger partial charge in [0.25, 0.3) is 11.8 Å². The zero-order valence-electron chi connectivity index (χ0n) is 17.4. The standard InChI is InChI=1S/C21H24Cl2N4O5/c1-27-9-13(20(29)26-31)18(32-10-11-6-7-14(22)15(23)8-11)17(27)21(30)25-16-5-3-2-4-12(16)19(24)28/h6-9,12,16,31H,2-5,10H2,1H3,(H2,24,28)(H,25,30)(H,26,29). The van der Waals surface area contributed by atoms with Crippen LogP contribution in [0.2, 0.25) is 10.0 Å². The first kappa shape index (κ1) is 23.9. The quantitative estimate of drug-likeness (QED) is 0.355. The van der Waals surface area contributed by atoms with Gasteiger partial charge < -0.3 is 20.4 Å². The maximum absolute atomic E-state index is 13.2. The SMILES string of the molecule is Cn1cc(C(=O)NO)c(OCc2ccc(Cl)c(Cl)c2)c1C(=O)NC1CCCCC1C(N)=O. The molecular formula is C21H24Cl2N4O5. The normalized spacial score (nSPS) is 18.1.